The zero-order valence-corrected chi connectivity index (χ0v) is 22.9. The molecule has 184 valence electrons. The molecular formula is C23H38IN7O2. The van der Waals surface area contributed by atoms with E-state index in [0.29, 0.717) is 6.04 Å². The highest BCUT2D eigenvalue weighted by atomic mass is 127. The van der Waals surface area contributed by atoms with E-state index in [1.54, 1.807) is 14.2 Å². The molecule has 0 saturated carbocycles. The predicted molar refractivity (Wildman–Crippen MR) is 144 cm³/mol. The van der Waals surface area contributed by atoms with Crippen molar-refractivity contribution in [3.05, 3.63) is 36.2 Å². The number of anilines is 1. The van der Waals surface area contributed by atoms with Crippen molar-refractivity contribution in [2.24, 2.45) is 12.0 Å². The number of nitrogens with one attached hydrogen (secondary N) is 2. The molecule has 1 unspecified atom stereocenters. The summed E-state index contributed by atoms with van der Waals surface area (Å²) in [6.07, 6.45) is 6.04. The molecule has 0 aliphatic carbocycles. The Morgan fingerprint density at radius 3 is 2.30 bits per heavy atom. The van der Waals surface area contributed by atoms with Crippen LogP contribution in [0.2, 0.25) is 0 Å². The molecule has 33 heavy (non-hydrogen) atoms. The minimum absolute atomic E-state index is 0. The third kappa shape index (κ3) is 7.39. The molecule has 10 heteroatoms. The number of aromatic nitrogens is 2. The molecular weight excluding hydrogens is 533 g/mol. The Bertz CT molecular complexity index is 872. The normalized spacial score (nSPS) is 15.7. The van der Waals surface area contributed by atoms with Crippen LogP contribution in [-0.2, 0) is 7.05 Å². The van der Waals surface area contributed by atoms with Crippen LogP contribution >= 0.6 is 24.0 Å². The van der Waals surface area contributed by atoms with Gasteiger partial charge in [0.05, 0.1) is 26.5 Å². The first-order chi connectivity index (χ1) is 15.4. The lowest BCUT2D eigenvalue weighted by atomic mass is 10.0. The summed E-state index contributed by atoms with van der Waals surface area (Å²) >= 11 is 0. The van der Waals surface area contributed by atoms with Crippen LogP contribution in [0.4, 0.5) is 5.69 Å². The summed E-state index contributed by atoms with van der Waals surface area (Å²) in [5, 5.41) is 11.4. The molecule has 3 rings (SSSR count). The molecule has 1 aromatic heterocycles. The van der Waals surface area contributed by atoms with Crippen LogP contribution in [-0.4, -0.2) is 81.7 Å². The molecule has 2 N–H and O–H groups in total. The van der Waals surface area contributed by atoms with E-state index in [-0.39, 0.29) is 30.0 Å². The Balaban J connectivity index is 0.00000385. The largest absolute Gasteiger partial charge is 0.497 e. The smallest absolute Gasteiger partial charge is 0.191 e. The van der Waals surface area contributed by atoms with Gasteiger partial charge in [-0.3, -0.25) is 9.67 Å². The molecule has 9 nitrogen and oxygen atoms in total. The minimum atomic E-state index is 0. The second kappa shape index (κ2) is 12.9. The van der Waals surface area contributed by atoms with Crippen molar-refractivity contribution in [1.82, 2.24) is 25.3 Å². The number of aliphatic imine (C=N–C) groups is 1. The molecule has 2 heterocycles. The maximum atomic E-state index is 5.42. The van der Waals surface area contributed by atoms with Gasteiger partial charge in [0.25, 0.3) is 0 Å². The van der Waals surface area contributed by atoms with Gasteiger partial charge >= 0.3 is 0 Å². The van der Waals surface area contributed by atoms with E-state index in [1.807, 2.05) is 31.0 Å². The summed E-state index contributed by atoms with van der Waals surface area (Å²) in [5.74, 6) is 2.46. The molecule has 0 amide bonds. The standard InChI is InChI=1S/C23H37N7O2.HI/c1-24-23(25-15-22(28(2)3)17-14-26-29(4)16-17)27-18-7-9-30(10-8-18)19-11-20(31-5)13-21(12-19)32-6;/h11-14,16,18,22H,7-10,15H2,1-6H3,(H2,24,25,27);1H. The SMILES string of the molecule is CN=C(NCC(c1cnn(C)c1)N(C)C)NC1CCN(c2cc(OC)cc(OC)c2)CC1.I. The Morgan fingerprint density at radius 2 is 1.82 bits per heavy atom. The third-order valence-corrected chi connectivity index (χ3v) is 5.96. The summed E-state index contributed by atoms with van der Waals surface area (Å²) in [4.78, 5) is 9.01. The fraction of sp³-hybridized carbons (Fsp3) is 0.565. The Kier molecular flexibility index (Phi) is 10.6. The fourth-order valence-electron chi connectivity index (χ4n) is 4.05. The van der Waals surface area contributed by atoms with Crippen molar-refractivity contribution in [3.8, 4) is 11.5 Å². The number of ether oxygens (including phenoxy) is 2. The van der Waals surface area contributed by atoms with Gasteiger partial charge in [0.1, 0.15) is 11.5 Å². The highest BCUT2D eigenvalue weighted by molar-refractivity contribution is 14.0. The van der Waals surface area contributed by atoms with Crippen molar-refractivity contribution in [3.63, 3.8) is 0 Å². The fourth-order valence-corrected chi connectivity index (χ4v) is 4.05. The van der Waals surface area contributed by atoms with E-state index in [4.69, 9.17) is 9.47 Å². The van der Waals surface area contributed by atoms with E-state index in [1.165, 1.54) is 5.56 Å². The van der Waals surface area contributed by atoms with E-state index in [9.17, 15) is 0 Å². The van der Waals surface area contributed by atoms with Crippen LogP contribution in [0.25, 0.3) is 0 Å². The van der Waals surface area contributed by atoms with E-state index < -0.39 is 0 Å². The van der Waals surface area contributed by atoms with E-state index in [2.05, 4.69) is 62.9 Å². The quantitative estimate of drug-likeness (QED) is 0.287. The molecule has 1 fully saturated rings. The molecule has 1 aliphatic heterocycles. The van der Waals surface area contributed by atoms with Gasteiger partial charge in [0.15, 0.2) is 5.96 Å². The first-order valence-electron chi connectivity index (χ1n) is 11.0. The summed E-state index contributed by atoms with van der Waals surface area (Å²) in [6, 6.07) is 6.63. The van der Waals surface area contributed by atoms with Gasteiger partial charge in [-0.05, 0) is 26.9 Å². The number of likely N-dealkylation sites (N-methyl/N-ethyl adjacent to an activating group) is 1. The Labute approximate surface area is 214 Å². The monoisotopic (exact) mass is 571 g/mol. The lowest BCUT2D eigenvalue weighted by molar-refractivity contribution is 0.297. The molecule has 2 aromatic rings. The van der Waals surface area contributed by atoms with Crippen LogP contribution in [0.1, 0.15) is 24.4 Å². The average Bonchev–Trinajstić information content (AvgIpc) is 3.23. The Hall–Kier alpha value is -2.21. The first-order valence-corrected chi connectivity index (χ1v) is 11.0. The third-order valence-electron chi connectivity index (χ3n) is 5.96. The number of halogens is 1. The highest BCUT2D eigenvalue weighted by Crippen LogP contribution is 2.30. The lowest BCUT2D eigenvalue weighted by Gasteiger charge is -2.35. The summed E-state index contributed by atoms with van der Waals surface area (Å²) in [5.41, 5.74) is 2.31. The van der Waals surface area contributed by atoms with Crippen molar-refractivity contribution in [2.75, 3.05) is 59.9 Å². The van der Waals surface area contributed by atoms with Crippen molar-refractivity contribution < 1.29 is 9.47 Å². The number of hydrogen-bond donors (Lipinski definition) is 2. The van der Waals surface area contributed by atoms with Gasteiger partial charge in [-0.2, -0.15) is 5.10 Å². The number of nitrogens with zero attached hydrogens (tertiary/aromatic N) is 5. The topological polar surface area (TPSA) is 79.2 Å². The van der Waals surface area contributed by atoms with E-state index >= 15 is 0 Å². The van der Waals surface area contributed by atoms with Crippen molar-refractivity contribution >= 4 is 35.6 Å². The maximum Gasteiger partial charge on any atom is 0.191 e. The van der Waals surface area contributed by atoms with Gasteiger partial charge in [0.2, 0.25) is 0 Å². The number of rotatable bonds is 8. The molecule has 1 atom stereocenters. The summed E-state index contributed by atoms with van der Waals surface area (Å²) < 4.78 is 12.7. The predicted octanol–water partition coefficient (Wildman–Crippen LogP) is 2.49. The minimum Gasteiger partial charge on any atom is -0.497 e. The zero-order valence-electron chi connectivity index (χ0n) is 20.5. The average molecular weight is 572 g/mol. The number of methoxy groups -OCH3 is 2. The number of piperidine rings is 1. The Morgan fingerprint density at radius 1 is 1.18 bits per heavy atom. The summed E-state index contributed by atoms with van der Waals surface area (Å²) in [7, 11) is 11.3. The molecule has 1 saturated heterocycles. The van der Waals surface area contributed by atoms with Gasteiger partial charge in [0, 0.05) is 75.4 Å². The van der Waals surface area contributed by atoms with Gasteiger partial charge in [-0.1, -0.05) is 0 Å². The first kappa shape index (κ1) is 27.0. The number of guanidine groups is 1. The molecule has 1 aromatic carbocycles. The maximum absolute atomic E-state index is 5.42. The van der Waals surface area contributed by atoms with Crippen molar-refractivity contribution in [2.45, 2.75) is 24.9 Å². The summed E-state index contributed by atoms with van der Waals surface area (Å²) in [6.45, 7) is 2.67. The van der Waals surface area contributed by atoms with Crippen LogP contribution in [0.15, 0.2) is 35.6 Å². The van der Waals surface area contributed by atoms with Crippen LogP contribution < -0.4 is 25.0 Å². The van der Waals surface area contributed by atoms with Crippen LogP contribution in [0.5, 0.6) is 11.5 Å². The molecule has 0 bridgehead atoms. The molecule has 0 spiro atoms. The van der Waals surface area contributed by atoms with Gasteiger partial charge < -0.3 is 29.9 Å². The van der Waals surface area contributed by atoms with Crippen LogP contribution in [0.3, 0.4) is 0 Å². The van der Waals surface area contributed by atoms with Crippen LogP contribution in [0, 0.1) is 0 Å². The lowest BCUT2D eigenvalue weighted by Crippen LogP contribution is -2.49. The second-order valence-electron chi connectivity index (χ2n) is 8.36. The molecule has 1 aliphatic rings. The number of benzene rings is 1. The van der Waals surface area contributed by atoms with E-state index in [0.717, 1.165) is 55.6 Å². The van der Waals surface area contributed by atoms with Crippen molar-refractivity contribution in [1.29, 1.82) is 0 Å². The van der Waals surface area contributed by atoms with Gasteiger partial charge in [-0.25, -0.2) is 0 Å². The molecule has 0 radical (unpaired) electrons. The zero-order chi connectivity index (χ0) is 23.1. The second-order valence-corrected chi connectivity index (χ2v) is 8.36. The number of aryl methyl sites for hydroxylation is 1. The van der Waals surface area contributed by atoms with Gasteiger partial charge in [-0.15, -0.1) is 24.0 Å². The number of hydrogen-bond acceptors (Lipinski definition) is 6. The highest BCUT2D eigenvalue weighted by Gasteiger charge is 2.22.